The van der Waals surface area contributed by atoms with Gasteiger partial charge in [0.15, 0.2) is 0 Å². The fraction of sp³-hybridized carbons (Fsp3) is 0.889. The van der Waals surface area contributed by atoms with Crippen molar-refractivity contribution in [3.63, 3.8) is 0 Å². The normalized spacial score (nSPS) is 31.0. The predicted octanol–water partition coefficient (Wildman–Crippen LogP) is 0.958. The maximum absolute atomic E-state index is 13.2. The first kappa shape index (κ1) is 17.7. The number of carbonyl (C=O) groups excluding carboxylic acids is 2. The average molecular weight is 337 g/mol. The minimum absolute atomic E-state index is 0.0632. The first-order valence-electron chi connectivity index (χ1n) is 9.16. The molecule has 0 aromatic heterocycles. The van der Waals surface area contributed by atoms with E-state index < -0.39 is 0 Å². The zero-order valence-electron chi connectivity index (χ0n) is 15.3. The van der Waals surface area contributed by atoms with Crippen molar-refractivity contribution in [3.05, 3.63) is 0 Å². The third kappa shape index (κ3) is 2.94. The molecule has 136 valence electrons. The van der Waals surface area contributed by atoms with Crippen molar-refractivity contribution in [2.75, 3.05) is 54.0 Å². The summed E-state index contributed by atoms with van der Waals surface area (Å²) >= 11 is 0. The second-order valence-corrected chi connectivity index (χ2v) is 8.00. The number of methoxy groups -OCH3 is 1. The molecule has 0 bridgehead atoms. The van der Waals surface area contributed by atoms with Gasteiger partial charge in [0.25, 0.3) is 0 Å². The van der Waals surface area contributed by atoms with Gasteiger partial charge in [0.1, 0.15) is 0 Å². The lowest BCUT2D eigenvalue weighted by Crippen LogP contribution is -2.64. The predicted molar refractivity (Wildman–Crippen MR) is 91.6 cm³/mol. The molecule has 2 saturated heterocycles. The Morgan fingerprint density at radius 3 is 2.50 bits per heavy atom. The maximum Gasteiger partial charge on any atom is 0.231 e. The molecule has 3 aliphatic rings. The summed E-state index contributed by atoms with van der Waals surface area (Å²) in [5.41, 5.74) is -0.352. The monoisotopic (exact) mass is 337 g/mol. The Kier molecular flexibility index (Phi) is 4.89. The van der Waals surface area contributed by atoms with Gasteiger partial charge < -0.3 is 14.5 Å². The molecule has 1 saturated carbocycles. The highest BCUT2D eigenvalue weighted by molar-refractivity contribution is 5.84. The molecule has 24 heavy (non-hydrogen) atoms. The van der Waals surface area contributed by atoms with Crippen LogP contribution in [0.1, 0.15) is 38.5 Å². The van der Waals surface area contributed by atoms with Crippen LogP contribution in [0.25, 0.3) is 0 Å². The highest BCUT2D eigenvalue weighted by atomic mass is 16.5. The molecule has 0 aromatic rings. The van der Waals surface area contributed by atoms with Gasteiger partial charge in [0.2, 0.25) is 11.8 Å². The lowest BCUT2D eigenvalue weighted by Gasteiger charge is -2.52. The standard InChI is InChI=1S/C18H31N3O3/c1-19-10-9-18(8-5-15(19)22)13-21(12-11-20(18)2)16(23)17(14-24-3)6-4-7-17/h4-14H2,1-3H3/t18-/m0/s1. The smallest absolute Gasteiger partial charge is 0.231 e. The molecule has 6 heteroatoms. The second-order valence-electron chi connectivity index (χ2n) is 8.00. The first-order valence-corrected chi connectivity index (χ1v) is 9.16. The van der Waals surface area contributed by atoms with E-state index >= 15 is 0 Å². The molecule has 1 aliphatic carbocycles. The number of likely N-dealkylation sites (N-methyl/N-ethyl adjacent to an activating group) is 1. The molecule has 1 spiro atoms. The van der Waals surface area contributed by atoms with Crippen LogP contribution in [0.15, 0.2) is 0 Å². The van der Waals surface area contributed by atoms with Gasteiger partial charge in [-0.25, -0.2) is 0 Å². The van der Waals surface area contributed by atoms with E-state index in [1.54, 1.807) is 7.11 Å². The van der Waals surface area contributed by atoms with Gasteiger partial charge in [-0.3, -0.25) is 14.5 Å². The quantitative estimate of drug-likeness (QED) is 0.770. The summed E-state index contributed by atoms with van der Waals surface area (Å²) in [5.74, 6) is 0.491. The highest BCUT2D eigenvalue weighted by Gasteiger charge is 2.50. The van der Waals surface area contributed by atoms with Gasteiger partial charge in [-0.15, -0.1) is 0 Å². The van der Waals surface area contributed by atoms with Crippen molar-refractivity contribution >= 4 is 11.8 Å². The van der Waals surface area contributed by atoms with Crippen molar-refractivity contribution in [2.45, 2.75) is 44.1 Å². The zero-order chi connectivity index (χ0) is 17.4. The Bertz CT molecular complexity index is 506. The van der Waals surface area contributed by atoms with E-state index in [4.69, 9.17) is 4.74 Å². The molecule has 0 aromatic carbocycles. The molecule has 3 rings (SSSR count). The molecule has 2 aliphatic heterocycles. The summed E-state index contributed by atoms with van der Waals surface area (Å²) in [4.78, 5) is 31.5. The van der Waals surface area contributed by atoms with Crippen LogP contribution >= 0.6 is 0 Å². The number of amides is 2. The third-order valence-electron chi connectivity index (χ3n) is 6.61. The lowest BCUT2D eigenvalue weighted by atomic mass is 9.68. The van der Waals surface area contributed by atoms with Crippen LogP contribution in [0, 0.1) is 5.41 Å². The van der Waals surface area contributed by atoms with Crippen LogP contribution in [-0.4, -0.2) is 86.0 Å². The van der Waals surface area contributed by atoms with E-state index in [0.29, 0.717) is 13.0 Å². The van der Waals surface area contributed by atoms with Crippen LogP contribution in [0.2, 0.25) is 0 Å². The molecule has 2 amide bonds. The molecule has 1 atom stereocenters. The molecule has 0 radical (unpaired) electrons. The SMILES string of the molecule is COCC1(C(=O)N2CCN(C)[C@]3(CCC(=O)N(C)CC3)C2)CCC1. The number of rotatable bonds is 3. The molecule has 3 fully saturated rings. The summed E-state index contributed by atoms with van der Waals surface area (Å²) in [7, 11) is 5.71. The number of hydrogen-bond donors (Lipinski definition) is 0. The number of carbonyl (C=O) groups is 2. The molecule has 0 N–H and O–H groups in total. The molecule has 6 nitrogen and oxygen atoms in total. The summed E-state index contributed by atoms with van der Waals surface area (Å²) in [6.45, 7) is 3.72. The van der Waals surface area contributed by atoms with Crippen molar-refractivity contribution < 1.29 is 14.3 Å². The van der Waals surface area contributed by atoms with Gasteiger partial charge in [0.05, 0.1) is 12.0 Å². The van der Waals surface area contributed by atoms with E-state index in [9.17, 15) is 9.59 Å². The van der Waals surface area contributed by atoms with Crippen molar-refractivity contribution in [3.8, 4) is 0 Å². The van der Waals surface area contributed by atoms with E-state index in [1.807, 2.05) is 11.9 Å². The van der Waals surface area contributed by atoms with E-state index in [0.717, 1.165) is 58.3 Å². The Balaban J connectivity index is 1.75. The number of nitrogens with zero attached hydrogens (tertiary/aromatic N) is 3. The number of ether oxygens (including phenoxy) is 1. The lowest BCUT2D eigenvalue weighted by molar-refractivity contribution is -0.157. The molecule has 2 heterocycles. The van der Waals surface area contributed by atoms with E-state index in [2.05, 4.69) is 16.8 Å². The Labute approximate surface area is 145 Å². The van der Waals surface area contributed by atoms with Crippen molar-refractivity contribution in [1.82, 2.24) is 14.7 Å². The Hall–Kier alpha value is -1.14. The van der Waals surface area contributed by atoms with Gasteiger partial charge in [-0.1, -0.05) is 6.42 Å². The summed E-state index contributed by atoms with van der Waals surface area (Å²) in [6, 6.07) is 0. The highest BCUT2D eigenvalue weighted by Crippen LogP contribution is 2.44. The Morgan fingerprint density at radius 1 is 1.12 bits per heavy atom. The van der Waals surface area contributed by atoms with Crippen LogP contribution in [0.4, 0.5) is 0 Å². The van der Waals surface area contributed by atoms with Gasteiger partial charge in [-0.2, -0.15) is 0 Å². The summed E-state index contributed by atoms with van der Waals surface area (Å²) in [6.07, 6.45) is 5.36. The minimum atomic E-state index is -0.289. The average Bonchev–Trinajstić information content (AvgIpc) is 2.68. The van der Waals surface area contributed by atoms with Crippen LogP contribution in [0.3, 0.4) is 0 Å². The minimum Gasteiger partial charge on any atom is -0.384 e. The maximum atomic E-state index is 13.2. The number of piperazine rings is 1. The van der Waals surface area contributed by atoms with Gasteiger partial charge in [0, 0.05) is 52.3 Å². The van der Waals surface area contributed by atoms with Crippen molar-refractivity contribution in [2.24, 2.45) is 5.41 Å². The molecular formula is C18H31N3O3. The van der Waals surface area contributed by atoms with Crippen LogP contribution in [-0.2, 0) is 14.3 Å². The zero-order valence-corrected chi connectivity index (χ0v) is 15.3. The number of likely N-dealkylation sites (tertiary alicyclic amines) is 1. The molecule has 0 unspecified atom stereocenters. The van der Waals surface area contributed by atoms with Crippen molar-refractivity contribution in [1.29, 1.82) is 0 Å². The van der Waals surface area contributed by atoms with Crippen LogP contribution in [0.5, 0.6) is 0 Å². The molecular weight excluding hydrogens is 306 g/mol. The number of hydrogen-bond acceptors (Lipinski definition) is 4. The van der Waals surface area contributed by atoms with Gasteiger partial charge >= 0.3 is 0 Å². The third-order valence-corrected chi connectivity index (χ3v) is 6.61. The first-order chi connectivity index (χ1) is 11.4. The second kappa shape index (κ2) is 6.64. The van der Waals surface area contributed by atoms with Crippen LogP contribution < -0.4 is 0 Å². The fourth-order valence-electron chi connectivity index (χ4n) is 4.57. The Morgan fingerprint density at radius 2 is 1.88 bits per heavy atom. The topological polar surface area (TPSA) is 53.1 Å². The summed E-state index contributed by atoms with van der Waals surface area (Å²) in [5, 5.41) is 0. The van der Waals surface area contributed by atoms with Gasteiger partial charge in [-0.05, 0) is 32.7 Å². The largest absolute Gasteiger partial charge is 0.384 e. The van der Waals surface area contributed by atoms with E-state index in [1.165, 1.54) is 0 Å². The van der Waals surface area contributed by atoms with E-state index in [-0.39, 0.29) is 22.8 Å². The summed E-state index contributed by atoms with van der Waals surface area (Å²) < 4.78 is 5.36. The fourth-order valence-corrected chi connectivity index (χ4v) is 4.57.